The van der Waals surface area contributed by atoms with E-state index in [2.05, 4.69) is 5.10 Å². The zero-order chi connectivity index (χ0) is 12.4. The molecular weight excluding hydrogens is 224 g/mol. The minimum Gasteiger partial charge on any atom is -0.508 e. The van der Waals surface area contributed by atoms with E-state index < -0.39 is 11.5 Å². The summed E-state index contributed by atoms with van der Waals surface area (Å²) in [6.07, 6.45) is 1.13. The van der Waals surface area contributed by atoms with Gasteiger partial charge in [-0.25, -0.2) is 9.48 Å². The molecule has 17 heavy (non-hydrogen) atoms. The Morgan fingerprint density at radius 1 is 1.35 bits per heavy atom. The second-order valence-corrected chi connectivity index (χ2v) is 3.51. The van der Waals surface area contributed by atoms with E-state index >= 15 is 0 Å². The van der Waals surface area contributed by atoms with Crippen molar-refractivity contribution in [3.05, 3.63) is 51.9 Å². The number of hydrogen-bond donors (Lipinski definition) is 3. The summed E-state index contributed by atoms with van der Waals surface area (Å²) >= 11 is 0. The van der Waals surface area contributed by atoms with Gasteiger partial charge in [-0.15, -0.1) is 0 Å². The third kappa shape index (κ3) is 2.05. The van der Waals surface area contributed by atoms with Crippen LogP contribution in [0.5, 0.6) is 5.75 Å². The molecule has 1 aromatic carbocycles. The lowest BCUT2D eigenvalue weighted by molar-refractivity contribution is 0.0695. The summed E-state index contributed by atoms with van der Waals surface area (Å²) < 4.78 is 1.12. The number of H-pyrrole nitrogens is 1. The lowest BCUT2D eigenvalue weighted by Crippen LogP contribution is -2.21. The number of aromatic carboxylic acids is 1. The van der Waals surface area contributed by atoms with E-state index in [0.717, 1.165) is 10.9 Å². The average Bonchev–Trinajstić information content (AvgIpc) is 2.64. The molecule has 0 aliphatic carbocycles. The number of rotatable bonds is 3. The number of nitrogens with zero attached hydrogens (tertiary/aromatic N) is 1. The van der Waals surface area contributed by atoms with Crippen molar-refractivity contribution in [2.45, 2.75) is 6.54 Å². The van der Waals surface area contributed by atoms with Crippen LogP contribution in [0.3, 0.4) is 0 Å². The zero-order valence-electron chi connectivity index (χ0n) is 8.75. The molecule has 2 aromatic rings. The first kappa shape index (κ1) is 11.0. The SMILES string of the molecule is O=C(O)c1c[nH]n(Cc2ccccc2O)c1=O. The predicted molar refractivity (Wildman–Crippen MR) is 59.2 cm³/mol. The molecule has 0 radical (unpaired) electrons. The lowest BCUT2D eigenvalue weighted by atomic mass is 10.2. The number of carboxylic acid groups (broad SMARTS) is 1. The molecule has 0 unspecified atom stereocenters. The van der Waals surface area contributed by atoms with Crippen LogP contribution in [0.15, 0.2) is 35.3 Å². The summed E-state index contributed by atoms with van der Waals surface area (Å²) in [5, 5.41) is 20.8. The summed E-state index contributed by atoms with van der Waals surface area (Å²) in [4.78, 5) is 22.3. The average molecular weight is 234 g/mol. The third-order valence-corrected chi connectivity index (χ3v) is 2.39. The van der Waals surface area contributed by atoms with Gasteiger partial charge < -0.3 is 15.3 Å². The van der Waals surface area contributed by atoms with Gasteiger partial charge in [0.1, 0.15) is 11.3 Å². The fourth-order valence-corrected chi connectivity index (χ4v) is 1.49. The predicted octanol–water partition coefficient (Wildman–Crippen LogP) is 0.629. The van der Waals surface area contributed by atoms with E-state index in [9.17, 15) is 14.7 Å². The van der Waals surface area contributed by atoms with Crippen LogP contribution in [-0.2, 0) is 6.54 Å². The Hall–Kier alpha value is -2.50. The normalized spacial score (nSPS) is 10.4. The van der Waals surface area contributed by atoms with Crippen LogP contribution >= 0.6 is 0 Å². The van der Waals surface area contributed by atoms with E-state index in [1.165, 1.54) is 6.07 Å². The summed E-state index contributed by atoms with van der Waals surface area (Å²) in [6.45, 7) is 0.0960. The van der Waals surface area contributed by atoms with Crippen molar-refractivity contribution in [1.29, 1.82) is 0 Å². The number of aromatic nitrogens is 2. The molecule has 0 fully saturated rings. The Bertz CT molecular complexity index is 612. The third-order valence-electron chi connectivity index (χ3n) is 2.39. The largest absolute Gasteiger partial charge is 0.508 e. The zero-order valence-corrected chi connectivity index (χ0v) is 8.75. The first-order valence-electron chi connectivity index (χ1n) is 4.88. The van der Waals surface area contributed by atoms with Gasteiger partial charge in [0.25, 0.3) is 5.56 Å². The van der Waals surface area contributed by atoms with Gasteiger partial charge in [0.15, 0.2) is 0 Å². The minimum atomic E-state index is -1.28. The van der Waals surface area contributed by atoms with Gasteiger partial charge >= 0.3 is 5.97 Å². The molecule has 0 saturated carbocycles. The van der Waals surface area contributed by atoms with Crippen LogP contribution in [-0.4, -0.2) is 26.0 Å². The van der Waals surface area contributed by atoms with Crippen molar-refractivity contribution in [3.8, 4) is 5.75 Å². The van der Waals surface area contributed by atoms with Crippen LogP contribution in [0.25, 0.3) is 0 Å². The molecule has 3 N–H and O–H groups in total. The highest BCUT2D eigenvalue weighted by atomic mass is 16.4. The van der Waals surface area contributed by atoms with Gasteiger partial charge in [0.2, 0.25) is 0 Å². The molecule has 0 atom stereocenters. The standard InChI is InChI=1S/C11H10N2O4/c14-9-4-2-1-3-7(9)6-13-10(15)8(5-12-13)11(16)17/h1-5,12,14H,6H2,(H,16,17). The number of carbonyl (C=O) groups is 1. The van der Waals surface area contributed by atoms with Crippen molar-refractivity contribution in [2.75, 3.05) is 0 Å². The summed E-state index contributed by atoms with van der Waals surface area (Å²) in [5.41, 5.74) is -0.408. The van der Waals surface area contributed by atoms with E-state index in [-0.39, 0.29) is 17.9 Å². The number of aromatic amines is 1. The maximum absolute atomic E-state index is 11.6. The molecule has 0 bridgehead atoms. The molecule has 0 amide bonds. The van der Waals surface area contributed by atoms with Gasteiger partial charge in [-0.1, -0.05) is 18.2 Å². The number of benzene rings is 1. The van der Waals surface area contributed by atoms with Crippen LogP contribution < -0.4 is 5.56 Å². The number of para-hydroxylation sites is 1. The summed E-state index contributed by atoms with van der Waals surface area (Å²) in [7, 11) is 0. The number of aromatic hydroxyl groups is 1. The van der Waals surface area contributed by atoms with Gasteiger partial charge in [0.05, 0.1) is 6.54 Å². The highest BCUT2D eigenvalue weighted by Gasteiger charge is 2.13. The van der Waals surface area contributed by atoms with E-state index in [1.54, 1.807) is 18.2 Å². The Kier molecular flexibility index (Phi) is 2.70. The fraction of sp³-hybridized carbons (Fsp3) is 0.0909. The Morgan fingerprint density at radius 3 is 2.65 bits per heavy atom. The van der Waals surface area contributed by atoms with Crippen molar-refractivity contribution in [2.24, 2.45) is 0 Å². The maximum Gasteiger partial charge on any atom is 0.342 e. The van der Waals surface area contributed by atoms with Gasteiger partial charge in [0, 0.05) is 11.8 Å². The Labute approximate surface area is 95.7 Å². The molecule has 6 nitrogen and oxygen atoms in total. The van der Waals surface area contributed by atoms with Crippen molar-refractivity contribution in [1.82, 2.24) is 9.78 Å². The van der Waals surface area contributed by atoms with Crippen molar-refractivity contribution < 1.29 is 15.0 Å². The molecular formula is C11H10N2O4. The van der Waals surface area contributed by atoms with Gasteiger partial charge in [-0.3, -0.25) is 4.79 Å². The summed E-state index contributed by atoms with van der Waals surface area (Å²) in [6, 6.07) is 6.55. The molecule has 0 aliphatic heterocycles. The second-order valence-electron chi connectivity index (χ2n) is 3.51. The van der Waals surface area contributed by atoms with Crippen molar-refractivity contribution in [3.63, 3.8) is 0 Å². The second kappa shape index (κ2) is 4.17. The smallest absolute Gasteiger partial charge is 0.342 e. The van der Waals surface area contributed by atoms with Gasteiger partial charge in [-0.2, -0.15) is 0 Å². The van der Waals surface area contributed by atoms with Crippen LogP contribution in [0.2, 0.25) is 0 Å². The molecule has 1 heterocycles. The Morgan fingerprint density at radius 2 is 2.06 bits per heavy atom. The molecule has 0 spiro atoms. The fourth-order valence-electron chi connectivity index (χ4n) is 1.49. The topological polar surface area (TPSA) is 95.3 Å². The van der Waals surface area contributed by atoms with Crippen molar-refractivity contribution >= 4 is 5.97 Å². The van der Waals surface area contributed by atoms with Crippen LogP contribution in [0.4, 0.5) is 0 Å². The Balaban J connectivity index is 2.35. The number of phenols is 1. The molecule has 2 rings (SSSR count). The number of hydrogen-bond acceptors (Lipinski definition) is 3. The number of nitrogens with one attached hydrogen (secondary N) is 1. The maximum atomic E-state index is 11.6. The number of carboxylic acids is 1. The van der Waals surface area contributed by atoms with Crippen LogP contribution in [0.1, 0.15) is 15.9 Å². The quantitative estimate of drug-likeness (QED) is 0.725. The molecule has 88 valence electrons. The first-order valence-corrected chi connectivity index (χ1v) is 4.88. The number of phenolic OH excluding ortho intramolecular Hbond substituents is 1. The summed E-state index contributed by atoms with van der Waals surface area (Å²) in [5.74, 6) is -1.21. The van der Waals surface area contributed by atoms with Crippen LogP contribution in [0, 0.1) is 0 Å². The van der Waals surface area contributed by atoms with E-state index in [1.807, 2.05) is 0 Å². The van der Waals surface area contributed by atoms with Gasteiger partial charge in [-0.05, 0) is 6.07 Å². The minimum absolute atomic E-state index is 0.0610. The monoisotopic (exact) mass is 234 g/mol. The lowest BCUT2D eigenvalue weighted by Gasteiger charge is -2.03. The first-order chi connectivity index (χ1) is 8.09. The molecule has 6 heteroatoms. The van der Waals surface area contributed by atoms with E-state index in [4.69, 9.17) is 5.11 Å². The highest BCUT2D eigenvalue weighted by Crippen LogP contribution is 2.15. The van der Waals surface area contributed by atoms with E-state index in [0.29, 0.717) is 5.56 Å². The molecule has 1 aromatic heterocycles. The molecule has 0 saturated heterocycles. The highest BCUT2D eigenvalue weighted by molar-refractivity contribution is 5.86. The molecule has 0 aliphatic rings.